The molecule has 0 saturated carbocycles. The molecule has 2 N–H and O–H groups in total. The summed E-state index contributed by atoms with van der Waals surface area (Å²) in [5.74, 6) is -2.99. The van der Waals surface area contributed by atoms with Crippen molar-refractivity contribution in [1.29, 1.82) is 0 Å². The van der Waals surface area contributed by atoms with Gasteiger partial charge in [0.05, 0.1) is 17.2 Å². The van der Waals surface area contributed by atoms with E-state index in [-0.39, 0.29) is 5.56 Å². The zero-order valence-electron chi connectivity index (χ0n) is 12.1. The van der Waals surface area contributed by atoms with Crippen LogP contribution in [0.4, 0.5) is 22.0 Å². The lowest BCUT2D eigenvalue weighted by molar-refractivity contribution is -0.137. The fourth-order valence-corrected chi connectivity index (χ4v) is 2.02. The van der Waals surface area contributed by atoms with Gasteiger partial charge >= 0.3 is 6.18 Å². The number of amides is 1. The zero-order valence-corrected chi connectivity index (χ0v) is 12.1. The molecule has 0 aliphatic rings. The summed E-state index contributed by atoms with van der Waals surface area (Å²) in [4.78, 5) is 11.8. The van der Waals surface area contributed by atoms with Crippen LogP contribution in [0.5, 0.6) is 0 Å². The van der Waals surface area contributed by atoms with Crippen LogP contribution in [0.15, 0.2) is 42.5 Å². The first kappa shape index (κ1) is 17.9. The van der Waals surface area contributed by atoms with Crippen molar-refractivity contribution in [3.05, 3.63) is 70.8 Å². The maximum Gasteiger partial charge on any atom is 0.416 e. The fourth-order valence-electron chi connectivity index (χ4n) is 2.02. The van der Waals surface area contributed by atoms with Gasteiger partial charge in [-0.05, 0) is 24.3 Å². The summed E-state index contributed by atoms with van der Waals surface area (Å²) in [5, 5.41) is 11.9. The Morgan fingerprint density at radius 3 is 2.38 bits per heavy atom. The molecular weight excluding hydrogens is 333 g/mol. The summed E-state index contributed by atoms with van der Waals surface area (Å²) in [7, 11) is 0. The number of benzene rings is 2. The van der Waals surface area contributed by atoms with Gasteiger partial charge in [0, 0.05) is 12.1 Å². The average Bonchev–Trinajstić information content (AvgIpc) is 2.52. The molecule has 0 fully saturated rings. The first-order valence-electron chi connectivity index (χ1n) is 6.77. The molecule has 2 rings (SSSR count). The van der Waals surface area contributed by atoms with Gasteiger partial charge in [0.15, 0.2) is 0 Å². The second kappa shape index (κ2) is 6.96. The molecule has 8 heteroatoms. The van der Waals surface area contributed by atoms with Crippen LogP contribution in [0.2, 0.25) is 0 Å². The molecule has 2 aromatic carbocycles. The number of carbonyl (C=O) groups excluding carboxylic acids is 1. The molecule has 0 bridgehead atoms. The number of hydrogen-bond donors (Lipinski definition) is 2. The maximum atomic E-state index is 13.6. The number of halogens is 5. The lowest BCUT2D eigenvalue weighted by atomic mass is 10.1. The number of hydrogen-bond acceptors (Lipinski definition) is 2. The first-order chi connectivity index (χ1) is 11.2. The van der Waals surface area contributed by atoms with E-state index in [2.05, 4.69) is 5.32 Å². The quantitative estimate of drug-likeness (QED) is 0.834. The van der Waals surface area contributed by atoms with Gasteiger partial charge in [-0.3, -0.25) is 4.79 Å². The molecule has 128 valence electrons. The molecular formula is C16H12F5NO2. The van der Waals surface area contributed by atoms with Gasteiger partial charge in [-0.25, -0.2) is 8.78 Å². The molecule has 0 heterocycles. The van der Waals surface area contributed by atoms with E-state index in [4.69, 9.17) is 0 Å². The minimum atomic E-state index is -4.73. The number of alkyl halides is 3. The number of rotatable bonds is 4. The van der Waals surface area contributed by atoms with E-state index in [1.165, 1.54) is 18.2 Å². The van der Waals surface area contributed by atoms with Gasteiger partial charge in [0.2, 0.25) is 0 Å². The molecule has 0 radical (unpaired) electrons. The largest absolute Gasteiger partial charge is 0.416 e. The van der Waals surface area contributed by atoms with Crippen LogP contribution in [0.1, 0.15) is 27.6 Å². The zero-order chi connectivity index (χ0) is 17.9. The van der Waals surface area contributed by atoms with Crippen molar-refractivity contribution in [3.63, 3.8) is 0 Å². The van der Waals surface area contributed by atoms with Crippen molar-refractivity contribution in [2.24, 2.45) is 0 Å². The Balaban J connectivity index is 2.12. The highest BCUT2D eigenvalue weighted by atomic mass is 19.4. The van der Waals surface area contributed by atoms with E-state index in [0.29, 0.717) is 18.2 Å². The normalized spacial score (nSPS) is 12.8. The second-order valence-electron chi connectivity index (χ2n) is 4.94. The average molecular weight is 345 g/mol. The van der Waals surface area contributed by atoms with Crippen LogP contribution >= 0.6 is 0 Å². The van der Waals surface area contributed by atoms with Gasteiger partial charge in [0.1, 0.15) is 11.6 Å². The van der Waals surface area contributed by atoms with Crippen LogP contribution in [-0.2, 0) is 6.18 Å². The van der Waals surface area contributed by atoms with E-state index in [0.717, 1.165) is 6.07 Å². The monoisotopic (exact) mass is 345 g/mol. The third kappa shape index (κ3) is 4.08. The van der Waals surface area contributed by atoms with Gasteiger partial charge < -0.3 is 10.4 Å². The molecule has 0 aliphatic carbocycles. The van der Waals surface area contributed by atoms with Crippen molar-refractivity contribution in [2.45, 2.75) is 12.3 Å². The molecule has 0 aromatic heterocycles. The third-order valence-corrected chi connectivity index (χ3v) is 3.26. The molecule has 24 heavy (non-hydrogen) atoms. The van der Waals surface area contributed by atoms with Crippen LogP contribution in [0.25, 0.3) is 0 Å². The van der Waals surface area contributed by atoms with Crippen LogP contribution in [-0.4, -0.2) is 17.6 Å². The Bertz CT molecular complexity index is 745. The SMILES string of the molecule is O=C(NCC(O)c1ccccc1F)c1cc(C(F)(F)F)ccc1F. The minimum absolute atomic E-state index is 0.0951. The molecule has 1 atom stereocenters. The van der Waals surface area contributed by atoms with Crippen LogP contribution in [0.3, 0.4) is 0 Å². The molecule has 1 amide bonds. The molecule has 0 spiro atoms. The topological polar surface area (TPSA) is 49.3 Å². The van der Waals surface area contributed by atoms with Gasteiger partial charge in [-0.2, -0.15) is 13.2 Å². The van der Waals surface area contributed by atoms with Gasteiger partial charge in [-0.15, -0.1) is 0 Å². The van der Waals surface area contributed by atoms with E-state index in [9.17, 15) is 31.9 Å². The fraction of sp³-hybridized carbons (Fsp3) is 0.188. The van der Waals surface area contributed by atoms with Crippen molar-refractivity contribution >= 4 is 5.91 Å². The molecule has 0 saturated heterocycles. The summed E-state index contributed by atoms with van der Waals surface area (Å²) < 4.78 is 64.9. The van der Waals surface area contributed by atoms with Crippen molar-refractivity contribution < 1.29 is 31.9 Å². The number of aliphatic hydroxyl groups is 1. The number of aliphatic hydroxyl groups excluding tert-OH is 1. The van der Waals surface area contributed by atoms with Crippen molar-refractivity contribution in [3.8, 4) is 0 Å². The molecule has 3 nitrogen and oxygen atoms in total. The van der Waals surface area contributed by atoms with Crippen molar-refractivity contribution in [1.82, 2.24) is 5.32 Å². The van der Waals surface area contributed by atoms with E-state index in [1.54, 1.807) is 0 Å². The molecule has 0 aliphatic heterocycles. The lowest BCUT2D eigenvalue weighted by Gasteiger charge is -2.14. The highest BCUT2D eigenvalue weighted by Gasteiger charge is 2.32. The van der Waals surface area contributed by atoms with Gasteiger partial charge in [-0.1, -0.05) is 18.2 Å². The molecule has 2 aromatic rings. The van der Waals surface area contributed by atoms with E-state index < -0.39 is 47.5 Å². The summed E-state index contributed by atoms with van der Waals surface area (Å²) in [5.41, 5.74) is -2.09. The van der Waals surface area contributed by atoms with E-state index >= 15 is 0 Å². The Hall–Kier alpha value is -2.48. The summed E-state index contributed by atoms with van der Waals surface area (Å²) in [6.07, 6.45) is -6.15. The Labute approximate surface area is 133 Å². The van der Waals surface area contributed by atoms with Crippen LogP contribution in [0, 0.1) is 11.6 Å². The predicted molar refractivity (Wildman–Crippen MR) is 75.1 cm³/mol. The number of nitrogens with one attached hydrogen (secondary N) is 1. The lowest BCUT2D eigenvalue weighted by Crippen LogP contribution is -2.29. The maximum absolute atomic E-state index is 13.6. The molecule has 1 unspecified atom stereocenters. The third-order valence-electron chi connectivity index (χ3n) is 3.26. The highest BCUT2D eigenvalue weighted by Crippen LogP contribution is 2.30. The Morgan fingerprint density at radius 2 is 1.75 bits per heavy atom. The summed E-state index contributed by atoms with van der Waals surface area (Å²) in [6, 6.07) is 6.69. The predicted octanol–water partition coefficient (Wildman–Crippen LogP) is 3.45. The standard InChI is InChI=1S/C16H12F5NO2/c17-12-4-2-1-3-10(12)14(23)8-22-15(24)11-7-9(16(19,20)21)5-6-13(11)18/h1-7,14,23H,8H2,(H,22,24). The number of carbonyl (C=O) groups is 1. The first-order valence-corrected chi connectivity index (χ1v) is 6.77. The van der Waals surface area contributed by atoms with Crippen molar-refractivity contribution in [2.75, 3.05) is 6.54 Å². The van der Waals surface area contributed by atoms with Crippen LogP contribution < -0.4 is 5.32 Å². The Morgan fingerprint density at radius 1 is 1.08 bits per heavy atom. The smallest absolute Gasteiger partial charge is 0.386 e. The second-order valence-corrected chi connectivity index (χ2v) is 4.94. The minimum Gasteiger partial charge on any atom is -0.386 e. The summed E-state index contributed by atoms with van der Waals surface area (Å²) in [6.45, 7) is -0.491. The summed E-state index contributed by atoms with van der Waals surface area (Å²) >= 11 is 0. The Kier molecular flexibility index (Phi) is 5.18. The van der Waals surface area contributed by atoms with Gasteiger partial charge in [0.25, 0.3) is 5.91 Å². The van der Waals surface area contributed by atoms with E-state index in [1.807, 2.05) is 0 Å². The highest BCUT2D eigenvalue weighted by molar-refractivity contribution is 5.94.